The van der Waals surface area contributed by atoms with E-state index in [0.717, 1.165) is 5.56 Å². The molecule has 0 unspecified atom stereocenters. The number of nitrogens with zero attached hydrogens (tertiary/aromatic N) is 2. The number of hydrogen-bond donors (Lipinski definition) is 2. The summed E-state index contributed by atoms with van der Waals surface area (Å²) in [6.45, 7) is 0.435. The fourth-order valence-corrected chi connectivity index (χ4v) is 2.06. The van der Waals surface area contributed by atoms with Crippen molar-refractivity contribution in [3.63, 3.8) is 0 Å². The zero-order valence-corrected chi connectivity index (χ0v) is 11.2. The number of amides is 1. The van der Waals surface area contributed by atoms with Crippen molar-refractivity contribution in [3.05, 3.63) is 58.6 Å². The molecule has 0 aliphatic heterocycles. The van der Waals surface area contributed by atoms with Crippen LogP contribution in [-0.4, -0.2) is 21.3 Å². The Balaban J connectivity index is 1.76. The molecule has 0 atom stereocenters. The van der Waals surface area contributed by atoms with Gasteiger partial charge in [0.05, 0.1) is 5.56 Å². The van der Waals surface area contributed by atoms with E-state index in [1.807, 2.05) is 12.1 Å². The van der Waals surface area contributed by atoms with Crippen molar-refractivity contribution in [1.29, 1.82) is 0 Å². The van der Waals surface area contributed by atoms with Crippen LogP contribution in [0.1, 0.15) is 15.9 Å². The Kier molecular flexibility index (Phi) is 3.35. The second kappa shape index (κ2) is 5.30. The minimum Gasteiger partial charge on any atom is -0.348 e. The van der Waals surface area contributed by atoms with Gasteiger partial charge in [-0.1, -0.05) is 29.8 Å². The monoisotopic (exact) mass is 286 g/mol. The van der Waals surface area contributed by atoms with Gasteiger partial charge < -0.3 is 5.32 Å². The summed E-state index contributed by atoms with van der Waals surface area (Å²) in [5, 5.41) is 14.0. The molecule has 0 saturated carbocycles. The maximum Gasteiger partial charge on any atom is 0.253 e. The lowest BCUT2D eigenvalue weighted by atomic mass is 10.1. The van der Waals surface area contributed by atoms with Crippen molar-refractivity contribution in [2.45, 2.75) is 6.54 Å². The summed E-state index contributed by atoms with van der Waals surface area (Å²) in [5.74, 6) is -0.181. The molecule has 3 aromatic rings. The zero-order chi connectivity index (χ0) is 13.9. The van der Waals surface area contributed by atoms with E-state index in [4.69, 9.17) is 11.6 Å². The molecule has 100 valence electrons. The smallest absolute Gasteiger partial charge is 0.253 e. The number of rotatable bonds is 3. The molecule has 0 radical (unpaired) electrons. The zero-order valence-electron chi connectivity index (χ0n) is 10.4. The molecular formula is C14H11ClN4O. The maximum absolute atomic E-state index is 12.2. The second-order valence-corrected chi connectivity index (χ2v) is 4.74. The number of halogens is 1. The van der Waals surface area contributed by atoms with Crippen LogP contribution >= 0.6 is 11.6 Å². The Bertz CT molecular complexity index is 751. The number of carbonyl (C=O) groups is 1. The van der Waals surface area contributed by atoms with E-state index in [1.54, 1.807) is 30.3 Å². The Labute approximate surface area is 120 Å². The number of fused-ring (bicyclic) bond motifs is 1. The average Bonchev–Trinajstić information content (AvgIpc) is 2.94. The first kappa shape index (κ1) is 12.6. The molecule has 1 heterocycles. The fourth-order valence-electron chi connectivity index (χ4n) is 1.93. The van der Waals surface area contributed by atoms with Gasteiger partial charge in [0.1, 0.15) is 11.0 Å². The van der Waals surface area contributed by atoms with Crippen molar-refractivity contribution in [3.8, 4) is 0 Å². The van der Waals surface area contributed by atoms with Crippen LogP contribution in [0.4, 0.5) is 0 Å². The molecule has 0 spiro atoms. The van der Waals surface area contributed by atoms with Gasteiger partial charge >= 0.3 is 0 Å². The van der Waals surface area contributed by atoms with Crippen LogP contribution in [0, 0.1) is 0 Å². The number of aromatic amines is 1. The van der Waals surface area contributed by atoms with Gasteiger partial charge in [0, 0.05) is 11.6 Å². The number of carbonyl (C=O) groups excluding carboxylic acids is 1. The van der Waals surface area contributed by atoms with Crippen LogP contribution in [0.5, 0.6) is 0 Å². The SMILES string of the molecule is O=C(NCc1ccc(Cl)cc1)c1cccc2n[nH]nc12. The van der Waals surface area contributed by atoms with E-state index in [2.05, 4.69) is 20.7 Å². The van der Waals surface area contributed by atoms with E-state index in [-0.39, 0.29) is 5.91 Å². The summed E-state index contributed by atoms with van der Waals surface area (Å²) < 4.78 is 0. The van der Waals surface area contributed by atoms with Gasteiger partial charge in [-0.25, -0.2) is 0 Å². The molecule has 3 rings (SSSR count). The predicted molar refractivity (Wildman–Crippen MR) is 76.5 cm³/mol. The first-order valence-electron chi connectivity index (χ1n) is 6.06. The Morgan fingerprint density at radius 3 is 2.75 bits per heavy atom. The Hall–Kier alpha value is -2.40. The van der Waals surface area contributed by atoms with Crippen molar-refractivity contribution >= 4 is 28.5 Å². The summed E-state index contributed by atoms with van der Waals surface area (Å²) >= 11 is 5.82. The lowest BCUT2D eigenvalue weighted by molar-refractivity contribution is 0.0952. The van der Waals surface area contributed by atoms with Gasteiger partial charge in [-0.3, -0.25) is 4.79 Å². The molecule has 0 fully saturated rings. The van der Waals surface area contributed by atoms with Crippen LogP contribution < -0.4 is 5.32 Å². The molecule has 6 heteroatoms. The molecule has 20 heavy (non-hydrogen) atoms. The summed E-state index contributed by atoms with van der Waals surface area (Å²) in [6.07, 6.45) is 0. The van der Waals surface area contributed by atoms with E-state index in [9.17, 15) is 4.79 Å². The largest absolute Gasteiger partial charge is 0.348 e. The topological polar surface area (TPSA) is 70.7 Å². The van der Waals surface area contributed by atoms with E-state index < -0.39 is 0 Å². The van der Waals surface area contributed by atoms with Crippen molar-refractivity contribution in [1.82, 2.24) is 20.7 Å². The van der Waals surface area contributed by atoms with Gasteiger partial charge in [-0.2, -0.15) is 15.4 Å². The van der Waals surface area contributed by atoms with Gasteiger partial charge in [-0.05, 0) is 29.8 Å². The highest BCUT2D eigenvalue weighted by Gasteiger charge is 2.12. The normalized spacial score (nSPS) is 10.7. The standard InChI is InChI=1S/C14H11ClN4O/c15-10-6-4-9(5-7-10)8-16-14(20)11-2-1-3-12-13(11)18-19-17-12/h1-7H,8H2,(H,16,20)(H,17,18,19). The van der Waals surface area contributed by atoms with Crippen molar-refractivity contribution in [2.75, 3.05) is 0 Å². The first-order valence-corrected chi connectivity index (χ1v) is 6.44. The molecule has 2 aromatic carbocycles. The molecule has 0 aliphatic rings. The quantitative estimate of drug-likeness (QED) is 0.777. The number of H-pyrrole nitrogens is 1. The highest BCUT2D eigenvalue weighted by atomic mass is 35.5. The molecule has 1 aromatic heterocycles. The van der Waals surface area contributed by atoms with Gasteiger partial charge in [0.25, 0.3) is 5.91 Å². The highest BCUT2D eigenvalue weighted by Crippen LogP contribution is 2.14. The van der Waals surface area contributed by atoms with Crippen LogP contribution in [0.2, 0.25) is 5.02 Å². The number of benzene rings is 2. The lowest BCUT2D eigenvalue weighted by Gasteiger charge is -2.05. The fraction of sp³-hybridized carbons (Fsp3) is 0.0714. The highest BCUT2D eigenvalue weighted by molar-refractivity contribution is 6.30. The molecular weight excluding hydrogens is 276 g/mol. The summed E-state index contributed by atoms with van der Waals surface area (Å²) in [6, 6.07) is 12.6. The number of nitrogens with one attached hydrogen (secondary N) is 2. The summed E-state index contributed by atoms with van der Waals surface area (Å²) in [4.78, 5) is 12.2. The Morgan fingerprint density at radius 2 is 1.95 bits per heavy atom. The minimum atomic E-state index is -0.181. The summed E-state index contributed by atoms with van der Waals surface area (Å²) in [7, 11) is 0. The summed E-state index contributed by atoms with van der Waals surface area (Å²) in [5.41, 5.74) is 2.73. The second-order valence-electron chi connectivity index (χ2n) is 4.31. The predicted octanol–water partition coefficient (Wildman–Crippen LogP) is 2.54. The molecule has 5 nitrogen and oxygen atoms in total. The minimum absolute atomic E-state index is 0.181. The lowest BCUT2D eigenvalue weighted by Crippen LogP contribution is -2.23. The molecule has 0 aliphatic carbocycles. The third-order valence-electron chi connectivity index (χ3n) is 2.96. The first-order chi connectivity index (χ1) is 9.74. The van der Waals surface area contributed by atoms with Crippen LogP contribution in [0.25, 0.3) is 11.0 Å². The van der Waals surface area contributed by atoms with E-state index in [1.165, 1.54) is 0 Å². The van der Waals surface area contributed by atoms with Crippen molar-refractivity contribution < 1.29 is 4.79 Å². The van der Waals surface area contributed by atoms with Crippen LogP contribution in [-0.2, 0) is 6.54 Å². The molecule has 0 saturated heterocycles. The van der Waals surface area contributed by atoms with E-state index in [0.29, 0.717) is 28.2 Å². The van der Waals surface area contributed by atoms with Crippen LogP contribution in [0.15, 0.2) is 42.5 Å². The third-order valence-corrected chi connectivity index (χ3v) is 3.21. The number of para-hydroxylation sites is 1. The van der Waals surface area contributed by atoms with Gasteiger partial charge in [-0.15, -0.1) is 0 Å². The number of hydrogen-bond acceptors (Lipinski definition) is 3. The third kappa shape index (κ3) is 2.48. The van der Waals surface area contributed by atoms with Gasteiger partial charge in [0.2, 0.25) is 0 Å². The number of aromatic nitrogens is 3. The van der Waals surface area contributed by atoms with Crippen molar-refractivity contribution in [2.24, 2.45) is 0 Å². The molecule has 1 amide bonds. The maximum atomic E-state index is 12.2. The van der Waals surface area contributed by atoms with Crippen LogP contribution in [0.3, 0.4) is 0 Å². The average molecular weight is 287 g/mol. The van der Waals surface area contributed by atoms with E-state index >= 15 is 0 Å². The van der Waals surface area contributed by atoms with Gasteiger partial charge in [0.15, 0.2) is 0 Å². The Morgan fingerprint density at radius 1 is 1.15 bits per heavy atom. The molecule has 2 N–H and O–H groups in total. The molecule has 0 bridgehead atoms.